The van der Waals surface area contributed by atoms with Gasteiger partial charge in [0.2, 0.25) is 5.91 Å². The molecule has 2 heterocycles. The van der Waals surface area contributed by atoms with Crippen LogP contribution in [-0.2, 0) is 11.0 Å². The van der Waals surface area contributed by atoms with Crippen LogP contribution in [0.5, 0.6) is 0 Å². The Balaban J connectivity index is 1.60. The summed E-state index contributed by atoms with van der Waals surface area (Å²) in [5.74, 6) is 0.301. The van der Waals surface area contributed by atoms with E-state index in [0.717, 1.165) is 18.7 Å². The van der Waals surface area contributed by atoms with Crippen molar-refractivity contribution < 1.29 is 18.0 Å². The zero-order valence-electron chi connectivity index (χ0n) is 16.2. The lowest BCUT2D eigenvalue weighted by atomic mass is 10.2. The fourth-order valence-electron chi connectivity index (χ4n) is 3.29. The molecule has 1 N–H and O–H groups in total. The summed E-state index contributed by atoms with van der Waals surface area (Å²) in [6, 6.07) is 6.88. The summed E-state index contributed by atoms with van der Waals surface area (Å²) in [5, 5.41) is 3.66. The van der Waals surface area contributed by atoms with Gasteiger partial charge in [-0.1, -0.05) is 23.2 Å². The summed E-state index contributed by atoms with van der Waals surface area (Å²) in [7, 11) is 0. The van der Waals surface area contributed by atoms with E-state index in [-0.39, 0.29) is 5.91 Å². The van der Waals surface area contributed by atoms with Gasteiger partial charge in [-0.25, -0.2) is 4.98 Å². The van der Waals surface area contributed by atoms with Gasteiger partial charge in [0.1, 0.15) is 5.82 Å². The van der Waals surface area contributed by atoms with Crippen LogP contribution >= 0.6 is 23.2 Å². The minimum atomic E-state index is -4.41. The highest BCUT2D eigenvalue weighted by atomic mass is 35.5. The van der Waals surface area contributed by atoms with Crippen molar-refractivity contribution in [1.82, 2.24) is 9.88 Å². The molecule has 0 unspecified atom stereocenters. The van der Waals surface area contributed by atoms with E-state index in [1.54, 1.807) is 18.2 Å². The van der Waals surface area contributed by atoms with Crippen LogP contribution in [-0.4, -0.2) is 48.0 Å². The van der Waals surface area contributed by atoms with Crippen LogP contribution in [0, 0.1) is 0 Å². The number of benzene rings is 1. The Kier molecular flexibility index (Phi) is 7.10. The van der Waals surface area contributed by atoms with E-state index in [9.17, 15) is 18.0 Å². The molecule has 30 heavy (non-hydrogen) atoms. The molecule has 1 atom stereocenters. The first-order valence-corrected chi connectivity index (χ1v) is 10.2. The third-order valence-corrected chi connectivity index (χ3v) is 5.59. The normalized spacial score (nSPS) is 16.8. The molecule has 0 spiro atoms. The summed E-state index contributed by atoms with van der Waals surface area (Å²) < 4.78 is 38.2. The molecule has 1 amide bonds. The summed E-state index contributed by atoms with van der Waals surface area (Å²) in [4.78, 5) is 20.6. The predicted molar refractivity (Wildman–Crippen MR) is 112 cm³/mol. The zero-order valence-corrected chi connectivity index (χ0v) is 17.7. The Morgan fingerprint density at radius 2 is 1.90 bits per heavy atom. The van der Waals surface area contributed by atoms with Crippen molar-refractivity contribution in [2.75, 3.05) is 36.4 Å². The molecular weight excluding hydrogens is 440 g/mol. The summed E-state index contributed by atoms with van der Waals surface area (Å²) >= 11 is 12.0. The lowest BCUT2D eigenvalue weighted by molar-refractivity contribution is -0.137. The molecule has 1 fully saturated rings. The minimum absolute atomic E-state index is 0.194. The first-order valence-electron chi connectivity index (χ1n) is 9.43. The summed E-state index contributed by atoms with van der Waals surface area (Å²) in [5.41, 5.74) is -0.280. The van der Waals surface area contributed by atoms with E-state index in [1.807, 2.05) is 16.7 Å². The van der Waals surface area contributed by atoms with Gasteiger partial charge in [-0.15, -0.1) is 0 Å². The maximum Gasteiger partial charge on any atom is 0.417 e. The zero-order chi connectivity index (χ0) is 21.9. The van der Waals surface area contributed by atoms with Crippen molar-refractivity contribution in [3.05, 3.63) is 52.1 Å². The molecule has 1 aliphatic heterocycles. The number of anilines is 2. The van der Waals surface area contributed by atoms with Gasteiger partial charge in [-0.05, 0) is 43.7 Å². The molecule has 0 bridgehead atoms. The van der Waals surface area contributed by atoms with Gasteiger partial charge < -0.3 is 10.2 Å². The molecule has 162 valence electrons. The number of halogens is 5. The second-order valence-electron chi connectivity index (χ2n) is 7.07. The highest BCUT2D eigenvalue weighted by Gasteiger charge is 2.31. The molecule has 2 aromatic rings. The van der Waals surface area contributed by atoms with Crippen LogP contribution in [0.15, 0.2) is 36.5 Å². The average Bonchev–Trinajstić information content (AvgIpc) is 2.95. The maximum absolute atomic E-state index is 12.7. The Hall–Kier alpha value is -2.03. The van der Waals surface area contributed by atoms with Crippen molar-refractivity contribution in [2.24, 2.45) is 0 Å². The number of carbonyl (C=O) groups excluding carboxylic acids is 1. The fourth-order valence-corrected chi connectivity index (χ4v) is 3.74. The van der Waals surface area contributed by atoms with Gasteiger partial charge in [0, 0.05) is 37.4 Å². The molecule has 0 radical (unpaired) electrons. The van der Waals surface area contributed by atoms with Crippen molar-refractivity contribution in [1.29, 1.82) is 0 Å². The van der Waals surface area contributed by atoms with Gasteiger partial charge >= 0.3 is 6.18 Å². The Morgan fingerprint density at radius 1 is 1.13 bits per heavy atom. The van der Waals surface area contributed by atoms with Gasteiger partial charge in [0.05, 0.1) is 22.3 Å². The quantitative estimate of drug-likeness (QED) is 0.701. The largest absolute Gasteiger partial charge is 0.417 e. The number of pyridine rings is 1. The first kappa shape index (κ1) is 22.7. The van der Waals surface area contributed by atoms with Crippen molar-refractivity contribution in [2.45, 2.75) is 25.6 Å². The SMILES string of the molecule is C[C@H](C(=O)Nc1ccc(Cl)cc1Cl)N1CCCN(c2ccc(C(F)(F)F)cn2)CC1. The molecule has 0 saturated carbocycles. The van der Waals surface area contributed by atoms with Crippen LogP contribution < -0.4 is 10.2 Å². The van der Waals surface area contributed by atoms with Crippen LogP contribution in [0.4, 0.5) is 24.7 Å². The third kappa shape index (κ3) is 5.56. The lowest BCUT2D eigenvalue weighted by Gasteiger charge is -2.27. The number of hydrogen-bond acceptors (Lipinski definition) is 4. The van der Waals surface area contributed by atoms with E-state index in [0.29, 0.717) is 47.7 Å². The number of aromatic nitrogens is 1. The van der Waals surface area contributed by atoms with E-state index in [2.05, 4.69) is 10.3 Å². The van der Waals surface area contributed by atoms with Crippen LogP contribution in [0.25, 0.3) is 0 Å². The number of amides is 1. The van der Waals surface area contributed by atoms with Crippen molar-refractivity contribution in [3.63, 3.8) is 0 Å². The van der Waals surface area contributed by atoms with Gasteiger partial charge in [-0.2, -0.15) is 13.2 Å². The number of nitrogens with one attached hydrogen (secondary N) is 1. The number of rotatable bonds is 4. The first-order chi connectivity index (χ1) is 14.1. The van der Waals surface area contributed by atoms with Crippen LogP contribution in [0.1, 0.15) is 18.9 Å². The van der Waals surface area contributed by atoms with Gasteiger partial charge in [0.15, 0.2) is 0 Å². The topological polar surface area (TPSA) is 48.5 Å². The second kappa shape index (κ2) is 9.41. The Labute approximate surface area is 182 Å². The smallest absolute Gasteiger partial charge is 0.355 e. The molecule has 1 aromatic heterocycles. The number of nitrogens with zero attached hydrogens (tertiary/aromatic N) is 3. The number of carbonyl (C=O) groups is 1. The predicted octanol–water partition coefficient (Wildman–Crippen LogP) is 4.95. The molecule has 1 saturated heterocycles. The van der Waals surface area contributed by atoms with E-state index >= 15 is 0 Å². The van der Waals surface area contributed by atoms with Crippen LogP contribution in [0.3, 0.4) is 0 Å². The monoisotopic (exact) mass is 460 g/mol. The van der Waals surface area contributed by atoms with Gasteiger partial charge in [0.25, 0.3) is 0 Å². The van der Waals surface area contributed by atoms with Crippen molar-refractivity contribution in [3.8, 4) is 0 Å². The number of alkyl halides is 3. The van der Waals surface area contributed by atoms with Crippen molar-refractivity contribution >= 4 is 40.6 Å². The Bertz CT molecular complexity index is 893. The van der Waals surface area contributed by atoms with E-state index in [4.69, 9.17) is 23.2 Å². The Morgan fingerprint density at radius 3 is 2.53 bits per heavy atom. The maximum atomic E-state index is 12.7. The molecular formula is C20H21Cl2F3N4O. The third-order valence-electron chi connectivity index (χ3n) is 5.05. The van der Waals surface area contributed by atoms with E-state index < -0.39 is 17.8 Å². The molecule has 3 rings (SSSR count). The standard InChI is InChI=1S/C20H21Cl2F3N4O/c1-13(19(30)27-17-5-4-15(21)11-16(17)22)28-7-2-8-29(10-9-28)18-6-3-14(12-26-18)20(23,24)25/h3-6,11-13H,2,7-10H2,1H3,(H,27,30)/t13-/m1/s1. The second-order valence-corrected chi connectivity index (χ2v) is 7.91. The van der Waals surface area contributed by atoms with Gasteiger partial charge in [-0.3, -0.25) is 9.69 Å². The highest BCUT2D eigenvalue weighted by molar-refractivity contribution is 6.36. The lowest BCUT2D eigenvalue weighted by Crippen LogP contribution is -2.44. The number of hydrogen-bond donors (Lipinski definition) is 1. The molecule has 1 aromatic carbocycles. The summed E-state index contributed by atoms with van der Waals surface area (Å²) in [6.07, 6.45) is -2.80. The molecule has 10 heteroatoms. The molecule has 1 aliphatic rings. The minimum Gasteiger partial charge on any atom is -0.355 e. The average molecular weight is 461 g/mol. The summed E-state index contributed by atoms with van der Waals surface area (Å²) in [6.45, 7) is 4.26. The highest BCUT2D eigenvalue weighted by Crippen LogP contribution is 2.29. The molecule has 5 nitrogen and oxygen atoms in total. The fraction of sp³-hybridized carbons (Fsp3) is 0.400. The molecule has 0 aliphatic carbocycles. The van der Waals surface area contributed by atoms with Crippen LogP contribution in [0.2, 0.25) is 10.0 Å². The van der Waals surface area contributed by atoms with E-state index in [1.165, 1.54) is 6.07 Å².